The summed E-state index contributed by atoms with van der Waals surface area (Å²) in [6.45, 7) is 3.42. The maximum absolute atomic E-state index is 13.0. The van der Waals surface area contributed by atoms with E-state index in [-0.39, 0.29) is 10.8 Å². The lowest BCUT2D eigenvalue weighted by Gasteiger charge is -2.25. The number of sulfonamides is 1. The van der Waals surface area contributed by atoms with E-state index in [2.05, 4.69) is 22.3 Å². The first-order valence-corrected chi connectivity index (χ1v) is 13.3. The Labute approximate surface area is 180 Å². The number of nitrogens with one attached hydrogen (secondary N) is 1. The topological polar surface area (TPSA) is 69.7 Å². The normalized spacial score (nSPS) is 20.7. The molecule has 3 heterocycles. The van der Waals surface area contributed by atoms with Crippen LogP contribution in [-0.2, 0) is 10.0 Å². The molecule has 0 saturated carbocycles. The fourth-order valence-electron chi connectivity index (χ4n) is 3.78. The molecule has 1 atom stereocenters. The van der Waals surface area contributed by atoms with Gasteiger partial charge in [0, 0.05) is 49.9 Å². The van der Waals surface area contributed by atoms with Crippen molar-refractivity contribution in [3.63, 3.8) is 0 Å². The maximum atomic E-state index is 13.0. The number of rotatable bonds is 6. The molecule has 2 aliphatic rings. The van der Waals surface area contributed by atoms with E-state index in [1.807, 2.05) is 18.2 Å². The van der Waals surface area contributed by atoms with Gasteiger partial charge in [0.25, 0.3) is 5.91 Å². The molecule has 0 radical (unpaired) electrons. The van der Waals surface area contributed by atoms with Gasteiger partial charge in [-0.25, -0.2) is 8.42 Å². The van der Waals surface area contributed by atoms with Crippen LogP contribution >= 0.6 is 23.1 Å². The molecule has 0 aliphatic carbocycles. The zero-order valence-corrected chi connectivity index (χ0v) is 18.6. The Kier molecular flexibility index (Phi) is 6.48. The van der Waals surface area contributed by atoms with Crippen LogP contribution in [-0.4, -0.2) is 62.9 Å². The average molecular weight is 452 g/mol. The van der Waals surface area contributed by atoms with Gasteiger partial charge >= 0.3 is 0 Å². The summed E-state index contributed by atoms with van der Waals surface area (Å²) in [7, 11) is -3.62. The molecule has 2 saturated heterocycles. The molecule has 1 N–H and O–H groups in total. The Morgan fingerprint density at radius 1 is 1.10 bits per heavy atom. The van der Waals surface area contributed by atoms with Gasteiger partial charge in [-0.15, -0.1) is 11.3 Å². The minimum Gasteiger partial charge on any atom is -0.371 e. The Balaban J connectivity index is 1.37. The van der Waals surface area contributed by atoms with Crippen molar-refractivity contribution in [2.45, 2.75) is 11.3 Å². The van der Waals surface area contributed by atoms with Crippen LogP contribution in [0.5, 0.6) is 0 Å². The molecule has 0 bridgehead atoms. The van der Waals surface area contributed by atoms with Gasteiger partial charge in [-0.3, -0.25) is 4.79 Å². The number of amides is 1. The van der Waals surface area contributed by atoms with Crippen LogP contribution < -0.4 is 10.2 Å². The lowest BCUT2D eigenvalue weighted by molar-refractivity contribution is 0.0949. The van der Waals surface area contributed by atoms with Gasteiger partial charge < -0.3 is 10.2 Å². The van der Waals surface area contributed by atoms with Crippen LogP contribution in [0.4, 0.5) is 5.69 Å². The minimum atomic E-state index is -3.62. The van der Waals surface area contributed by atoms with E-state index in [0.29, 0.717) is 30.4 Å². The van der Waals surface area contributed by atoms with Crippen molar-refractivity contribution in [2.75, 3.05) is 49.1 Å². The van der Waals surface area contributed by atoms with Gasteiger partial charge in [0.2, 0.25) is 10.0 Å². The van der Waals surface area contributed by atoms with E-state index in [1.165, 1.54) is 21.3 Å². The van der Waals surface area contributed by atoms with Crippen molar-refractivity contribution in [1.82, 2.24) is 9.62 Å². The van der Waals surface area contributed by atoms with Crippen LogP contribution in [0.1, 0.15) is 16.1 Å². The van der Waals surface area contributed by atoms with E-state index in [0.717, 1.165) is 31.0 Å². The number of carbonyl (C=O) groups is 1. The summed E-state index contributed by atoms with van der Waals surface area (Å²) >= 11 is 2.95. The first kappa shape index (κ1) is 20.7. The summed E-state index contributed by atoms with van der Waals surface area (Å²) < 4.78 is 27.4. The zero-order valence-electron chi connectivity index (χ0n) is 16.1. The smallest absolute Gasteiger partial charge is 0.262 e. The highest BCUT2D eigenvalue weighted by molar-refractivity contribution is 7.99. The highest BCUT2D eigenvalue weighted by Gasteiger charge is 2.31. The third kappa shape index (κ3) is 4.63. The van der Waals surface area contributed by atoms with Crippen LogP contribution in [0.25, 0.3) is 0 Å². The van der Waals surface area contributed by atoms with Crippen molar-refractivity contribution >= 4 is 44.7 Å². The molecule has 2 fully saturated rings. The summed E-state index contributed by atoms with van der Waals surface area (Å²) in [5.41, 5.74) is 1.20. The molecule has 0 spiro atoms. The molecule has 29 heavy (non-hydrogen) atoms. The van der Waals surface area contributed by atoms with E-state index in [9.17, 15) is 13.2 Å². The predicted molar refractivity (Wildman–Crippen MR) is 119 cm³/mol. The zero-order chi connectivity index (χ0) is 20.3. The molecule has 4 rings (SSSR count). The van der Waals surface area contributed by atoms with Crippen molar-refractivity contribution in [3.8, 4) is 0 Å². The third-order valence-electron chi connectivity index (χ3n) is 5.38. The van der Waals surface area contributed by atoms with Gasteiger partial charge in [-0.05, 0) is 35.9 Å². The van der Waals surface area contributed by atoms with E-state index in [4.69, 9.17) is 0 Å². The quantitative estimate of drug-likeness (QED) is 0.731. The second-order valence-corrected chi connectivity index (χ2v) is 11.3. The van der Waals surface area contributed by atoms with Crippen LogP contribution in [0.15, 0.2) is 46.7 Å². The minimum absolute atomic E-state index is 0.143. The SMILES string of the molecule is O=C(NCC1CCN(c2ccccc2)C1)c1sccc1S(=O)(=O)N1CCSCC1. The number of hydrogen-bond acceptors (Lipinski definition) is 6. The molecular weight excluding hydrogens is 426 g/mol. The Bertz CT molecular complexity index is 940. The van der Waals surface area contributed by atoms with Crippen molar-refractivity contribution < 1.29 is 13.2 Å². The Morgan fingerprint density at radius 2 is 1.86 bits per heavy atom. The van der Waals surface area contributed by atoms with Crippen molar-refractivity contribution in [1.29, 1.82) is 0 Å². The number of thiophene rings is 1. The van der Waals surface area contributed by atoms with E-state index >= 15 is 0 Å². The van der Waals surface area contributed by atoms with Crippen LogP contribution in [0.2, 0.25) is 0 Å². The standard InChI is InChI=1S/C20H25N3O3S3/c24-20(21-14-16-6-8-22(15-16)17-4-2-1-3-5-17)19-18(7-11-28-19)29(25,26)23-9-12-27-13-10-23/h1-5,7,11,16H,6,8-10,12-15H2,(H,21,24). The highest BCUT2D eigenvalue weighted by atomic mass is 32.2. The first-order valence-electron chi connectivity index (χ1n) is 9.79. The van der Waals surface area contributed by atoms with Crippen molar-refractivity contribution in [3.05, 3.63) is 46.7 Å². The predicted octanol–water partition coefficient (Wildman–Crippen LogP) is 2.74. The molecule has 1 aromatic heterocycles. The van der Waals surface area contributed by atoms with E-state index in [1.54, 1.807) is 23.2 Å². The van der Waals surface area contributed by atoms with Gasteiger partial charge in [0.15, 0.2) is 0 Å². The summed E-state index contributed by atoms with van der Waals surface area (Å²) in [6.07, 6.45) is 1.01. The number of nitrogens with zero attached hydrogens (tertiary/aromatic N) is 2. The van der Waals surface area contributed by atoms with Crippen LogP contribution in [0.3, 0.4) is 0 Å². The molecule has 9 heteroatoms. The molecule has 2 aliphatic heterocycles. The lowest BCUT2D eigenvalue weighted by atomic mass is 10.1. The van der Waals surface area contributed by atoms with Crippen molar-refractivity contribution in [2.24, 2.45) is 5.92 Å². The summed E-state index contributed by atoms with van der Waals surface area (Å²) in [6, 6.07) is 11.8. The molecular formula is C20H25N3O3S3. The van der Waals surface area contributed by atoms with Gasteiger partial charge in [0.1, 0.15) is 9.77 Å². The van der Waals surface area contributed by atoms with Gasteiger partial charge in [-0.1, -0.05) is 18.2 Å². The lowest BCUT2D eigenvalue weighted by Crippen LogP contribution is -2.38. The summed E-state index contributed by atoms with van der Waals surface area (Å²) in [4.78, 5) is 15.5. The number of thioether (sulfide) groups is 1. The number of para-hydroxylation sites is 1. The van der Waals surface area contributed by atoms with Gasteiger partial charge in [-0.2, -0.15) is 16.1 Å². The maximum Gasteiger partial charge on any atom is 0.262 e. The Morgan fingerprint density at radius 3 is 2.62 bits per heavy atom. The number of anilines is 1. The number of hydrogen-bond donors (Lipinski definition) is 1. The third-order valence-corrected chi connectivity index (χ3v) is 9.31. The fraction of sp³-hybridized carbons (Fsp3) is 0.450. The summed E-state index contributed by atoms with van der Waals surface area (Å²) in [5.74, 6) is 1.66. The summed E-state index contributed by atoms with van der Waals surface area (Å²) in [5, 5.41) is 4.66. The fourth-order valence-corrected chi connectivity index (χ4v) is 7.67. The first-order chi connectivity index (χ1) is 14.1. The second-order valence-electron chi connectivity index (χ2n) is 7.28. The molecule has 2 aromatic rings. The molecule has 1 amide bonds. The van der Waals surface area contributed by atoms with E-state index < -0.39 is 10.0 Å². The molecule has 1 unspecified atom stereocenters. The highest BCUT2D eigenvalue weighted by Crippen LogP contribution is 2.27. The molecule has 156 valence electrons. The average Bonchev–Trinajstić information content (AvgIpc) is 3.43. The van der Waals surface area contributed by atoms with Gasteiger partial charge in [0.05, 0.1) is 0 Å². The Hall–Kier alpha value is -1.55. The monoisotopic (exact) mass is 451 g/mol. The number of benzene rings is 1. The second kappa shape index (κ2) is 9.07. The van der Waals surface area contributed by atoms with Crippen LogP contribution in [0, 0.1) is 5.92 Å². The molecule has 6 nitrogen and oxygen atoms in total. The molecule has 1 aromatic carbocycles. The largest absolute Gasteiger partial charge is 0.371 e. The number of carbonyl (C=O) groups excluding carboxylic acids is 1.